The Balaban J connectivity index is 2.85. The molecule has 25 nitrogen and oxygen atoms in total. The van der Waals surface area contributed by atoms with E-state index in [0.29, 0.717) is 0 Å². The highest BCUT2D eigenvalue weighted by molar-refractivity contribution is 5.88. The highest BCUT2D eigenvalue weighted by Crippen LogP contribution is 2.06. The molecular formula is C32H52N8O17. The van der Waals surface area contributed by atoms with Crippen molar-refractivity contribution in [1.82, 2.24) is 40.4 Å². The number of carbonyl (C=O) groups excluding carboxylic acids is 3. The van der Waals surface area contributed by atoms with Crippen molar-refractivity contribution >= 4 is 59.6 Å². The van der Waals surface area contributed by atoms with Gasteiger partial charge in [-0.1, -0.05) is 0 Å². The van der Waals surface area contributed by atoms with Crippen LogP contribution in [0, 0.1) is 0 Å². The minimum Gasteiger partial charge on any atom is -0.481 e. The molecule has 2 atom stereocenters. The molecule has 0 spiro atoms. The Morgan fingerprint density at radius 1 is 0.509 bits per heavy atom. The molecule has 0 aromatic heterocycles. The summed E-state index contributed by atoms with van der Waals surface area (Å²) in [5, 5.41) is 71.4. The largest absolute Gasteiger partial charge is 0.481 e. The Hall–Kier alpha value is -5.66. The summed E-state index contributed by atoms with van der Waals surface area (Å²) in [6.45, 7) is -1.71. The fourth-order valence-corrected chi connectivity index (χ4v) is 5.58. The van der Waals surface area contributed by atoms with Crippen LogP contribution in [-0.4, -0.2) is 230 Å². The van der Waals surface area contributed by atoms with E-state index in [1.54, 1.807) is 19.6 Å². The smallest absolute Gasteiger partial charge is 0.326 e. The molecule has 322 valence electrons. The molecule has 1 saturated heterocycles. The summed E-state index contributed by atoms with van der Waals surface area (Å²) in [7, 11) is 0. The van der Waals surface area contributed by atoms with Crippen molar-refractivity contribution in [2.75, 3.05) is 98.2 Å². The van der Waals surface area contributed by atoms with Gasteiger partial charge in [0.05, 0.1) is 32.7 Å². The number of carbonyl (C=O) groups is 10. The van der Waals surface area contributed by atoms with Crippen molar-refractivity contribution in [2.45, 2.75) is 44.2 Å². The number of nitrogens with zero attached hydrogens (tertiary/aromatic N) is 5. The molecule has 1 aliphatic heterocycles. The van der Waals surface area contributed by atoms with Crippen LogP contribution in [0.2, 0.25) is 0 Å². The number of urea groups is 1. The van der Waals surface area contributed by atoms with Crippen LogP contribution in [0.3, 0.4) is 0 Å². The van der Waals surface area contributed by atoms with Crippen LogP contribution in [0.1, 0.15) is 32.1 Å². The van der Waals surface area contributed by atoms with E-state index in [9.17, 15) is 78.6 Å². The SMILES string of the molecule is O=C(O)CC[C@H](NC(=O)N[C@@H](CCCCN(CC(=O)O)C(=O)CNC(=O)CN1CCN(CC(=O)O)CCN(CC(=O)O)CCN(CC(=O)O)CC1)C(=O)O)C(=O)O. The lowest BCUT2D eigenvalue weighted by molar-refractivity contribution is -0.144. The molecule has 0 unspecified atom stereocenters. The molecule has 1 rings (SSSR count). The Morgan fingerprint density at radius 2 is 0.912 bits per heavy atom. The fourth-order valence-electron chi connectivity index (χ4n) is 5.58. The van der Waals surface area contributed by atoms with E-state index >= 15 is 0 Å². The number of hydrogen-bond donors (Lipinski definition) is 10. The lowest BCUT2D eigenvalue weighted by Gasteiger charge is -2.32. The molecule has 0 aliphatic carbocycles. The molecule has 0 radical (unpaired) electrons. The van der Waals surface area contributed by atoms with Crippen LogP contribution in [0.5, 0.6) is 0 Å². The van der Waals surface area contributed by atoms with Gasteiger partial charge in [-0.3, -0.25) is 53.2 Å². The number of carboxylic acids is 7. The van der Waals surface area contributed by atoms with Crippen molar-refractivity contribution < 1.29 is 83.7 Å². The molecule has 0 saturated carbocycles. The quantitative estimate of drug-likeness (QED) is 0.0412. The summed E-state index contributed by atoms with van der Waals surface area (Å²) in [6.07, 6.45) is -1.15. The molecular weight excluding hydrogens is 768 g/mol. The second kappa shape index (κ2) is 26.2. The van der Waals surface area contributed by atoms with Crippen LogP contribution >= 0.6 is 0 Å². The van der Waals surface area contributed by atoms with Gasteiger partial charge in [-0.15, -0.1) is 0 Å². The van der Waals surface area contributed by atoms with Gasteiger partial charge in [-0.25, -0.2) is 14.4 Å². The average Bonchev–Trinajstić information content (AvgIpc) is 3.09. The first kappa shape index (κ1) is 49.4. The topological polar surface area (TPSA) is 365 Å². The average molecular weight is 821 g/mol. The number of nitrogens with one attached hydrogen (secondary N) is 3. The van der Waals surface area contributed by atoms with Crippen LogP contribution in [-0.2, 0) is 43.2 Å². The maximum Gasteiger partial charge on any atom is 0.326 e. The monoisotopic (exact) mass is 820 g/mol. The van der Waals surface area contributed by atoms with Gasteiger partial charge in [0.1, 0.15) is 18.6 Å². The molecule has 57 heavy (non-hydrogen) atoms. The molecule has 1 aliphatic rings. The maximum atomic E-state index is 13.0. The Labute approximate surface area is 326 Å². The summed E-state index contributed by atoms with van der Waals surface area (Å²) < 4.78 is 0. The van der Waals surface area contributed by atoms with Gasteiger partial charge in [0, 0.05) is 65.3 Å². The molecule has 1 fully saturated rings. The van der Waals surface area contributed by atoms with Crippen molar-refractivity contribution in [3.8, 4) is 0 Å². The Bertz CT molecular complexity index is 1400. The maximum absolute atomic E-state index is 13.0. The van der Waals surface area contributed by atoms with Crippen LogP contribution in [0.25, 0.3) is 0 Å². The van der Waals surface area contributed by atoms with E-state index in [4.69, 9.17) is 5.11 Å². The number of aliphatic carboxylic acids is 7. The van der Waals surface area contributed by atoms with Crippen LogP contribution < -0.4 is 16.0 Å². The van der Waals surface area contributed by atoms with Crippen LogP contribution in [0.4, 0.5) is 4.79 Å². The zero-order chi connectivity index (χ0) is 43.1. The number of carboxylic acid groups (broad SMARTS) is 7. The normalized spacial score (nSPS) is 16.1. The summed E-state index contributed by atoms with van der Waals surface area (Å²) in [4.78, 5) is 125. The number of unbranched alkanes of at least 4 members (excludes halogenated alkanes) is 1. The second-order valence-electron chi connectivity index (χ2n) is 13.1. The molecule has 1 heterocycles. The number of rotatable bonds is 24. The first-order chi connectivity index (χ1) is 26.7. The van der Waals surface area contributed by atoms with E-state index < -0.39 is 97.6 Å². The lowest BCUT2D eigenvalue weighted by Crippen LogP contribution is -2.51. The predicted molar refractivity (Wildman–Crippen MR) is 191 cm³/mol. The third kappa shape index (κ3) is 23.1. The minimum atomic E-state index is -1.60. The van der Waals surface area contributed by atoms with E-state index in [0.717, 1.165) is 4.90 Å². The third-order valence-electron chi connectivity index (χ3n) is 8.51. The lowest BCUT2D eigenvalue weighted by atomic mass is 10.1. The van der Waals surface area contributed by atoms with Gasteiger partial charge >= 0.3 is 47.8 Å². The highest BCUT2D eigenvalue weighted by atomic mass is 16.4. The first-order valence-corrected chi connectivity index (χ1v) is 17.8. The van der Waals surface area contributed by atoms with Gasteiger partial charge in [-0.05, 0) is 25.7 Å². The van der Waals surface area contributed by atoms with Gasteiger partial charge < -0.3 is 56.6 Å². The molecule has 10 N–H and O–H groups in total. The Kier molecular flexibility index (Phi) is 22.7. The zero-order valence-corrected chi connectivity index (χ0v) is 31.2. The molecule has 0 aromatic carbocycles. The van der Waals surface area contributed by atoms with Crippen molar-refractivity contribution in [3.05, 3.63) is 0 Å². The van der Waals surface area contributed by atoms with E-state index in [1.165, 1.54) is 0 Å². The summed E-state index contributed by atoms with van der Waals surface area (Å²) in [6, 6.07) is -4.30. The molecule has 4 amide bonds. The van der Waals surface area contributed by atoms with Gasteiger partial charge in [0.2, 0.25) is 11.8 Å². The van der Waals surface area contributed by atoms with E-state index in [2.05, 4.69) is 10.6 Å². The zero-order valence-electron chi connectivity index (χ0n) is 31.2. The fraction of sp³-hybridized carbons (Fsp3) is 0.688. The van der Waals surface area contributed by atoms with E-state index in [-0.39, 0.29) is 104 Å². The van der Waals surface area contributed by atoms with Gasteiger partial charge in [-0.2, -0.15) is 0 Å². The summed E-state index contributed by atoms with van der Waals surface area (Å²) in [5.74, 6) is -10.5. The number of hydrogen-bond acceptors (Lipinski definition) is 14. The third-order valence-corrected chi connectivity index (χ3v) is 8.51. The summed E-state index contributed by atoms with van der Waals surface area (Å²) in [5.41, 5.74) is 0. The first-order valence-electron chi connectivity index (χ1n) is 17.8. The second-order valence-corrected chi connectivity index (χ2v) is 13.1. The van der Waals surface area contributed by atoms with Gasteiger partial charge in [0.25, 0.3) is 0 Å². The van der Waals surface area contributed by atoms with Gasteiger partial charge in [0.15, 0.2) is 0 Å². The molecule has 0 aromatic rings. The van der Waals surface area contributed by atoms with Crippen LogP contribution in [0.15, 0.2) is 0 Å². The summed E-state index contributed by atoms with van der Waals surface area (Å²) >= 11 is 0. The van der Waals surface area contributed by atoms with Crippen molar-refractivity contribution in [3.63, 3.8) is 0 Å². The molecule has 0 bridgehead atoms. The number of amides is 4. The molecule has 25 heteroatoms. The highest BCUT2D eigenvalue weighted by Gasteiger charge is 2.26. The van der Waals surface area contributed by atoms with Crippen molar-refractivity contribution in [1.29, 1.82) is 0 Å². The standard InChI is InChI=1S/C32H52N8O17/c41-23(16-36-7-9-37(17-26(45)46)11-13-39(19-28(49)50)14-12-38(10-8-36)18-27(47)48)33-15-24(42)40(20-29(51)52)6-2-1-3-21(30(53)54)34-32(57)35-22(31(55)56)4-5-25(43)44/h21-22H,1-20H2,(H,33,41)(H,43,44)(H,45,46)(H,47,48)(H,49,50)(H,51,52)(H,53,54)(H,55,56)(H2,34,35,57)/t21-,22-/m0/s1. The van der Waals surface area contributed by atoms with Crippen molar-refractivity contribution in [2.24, 2.45) is 0 Å². The minimum absolute atomic E-state index is 0.0404. The van der Waals surface area contributed by atoms with E-state index in [1.807, 2.05) is 5.32 Å². The Morgan fingerprint density at radius 3 is 1.28 bits per heavy atom. The predicted octanol–water partition coefficient (Wildman–Crippen LogP) is -4.27.